The zero-order valence-corrected chi connectivity index (χ0v) is 35.2. The maximum absolute atomic E-state index is 5.29. The van der Waals surface area contributed by atoms with Crippen LogP contribution in [-0.2, 0) is 43.1 Å². The van der Waals surface area contributed by atoms with E-state index in [2.05, 4.69) is 91.8 Å². The molecule has 1 heterocycles. The van der Waals surface area contributed by atoms with Crippen molar-refractivity contribution in [1.29, 1.82) is 0 Å². The van der Waals surface area contributed by atoms with Gasteiger partial charge >= 0.3 is 36.5 Å². The molecule has 2 N–H and O–H groups in total. The van der Waals surface area contributed by atoms with Gasteiger partial charge in [-0.15, -0.1) is 0 Å². The van der Waals surface area contributed by atoms with Crippen molar-refractivity contribution in [2.24, 2.45) is 5.73 Å². The molecule has 4 aliphatic rings. The van der Waals surface area contributed by atoms with Gasteiger partial charge in [-0.3, -0.25) is 4.98 Å². The van der Waals surface area contributed by atoms with Crippen molar-refractivity contribution in [1.82, 2.24) is 4.98 Å². The summed E-state index contributed by atoms with van der Waals surface area (Å²) in [6.45, 7) is 3.15. The summed E-state index contributed by atoms with van der Waals surface area (Å²) in [6, 6.07) is 28.3. The second-order valence-corrected chi connectivity index (χ2v) is 17.9. The Labute approximate surface area is 344 Å². The third kappa shape index (κ3) is 14.8. The molecule has 3 aromatic rings. The first-order valence-electron chi connectivity index (χ1n) is 17.5. The molecule has 0 spiro atoms. The van der Waals surface area contributed by atoms with Crippen LogP contribution in [0.15, 0.2) is 85.1 Å². The number of hydrogen-bond donors (Lipinski definition) is 1. The van der Waals surface area contributed by atoms with Gasteiger partial charge in [0.15, 0.2) is 0 Å². The Morgan fingerprint density at radius 3 is 1.50 bits per heavy atom. The second kappa shape index (κ2) is 27.7. The van der Waals surface area contributed by atoms with E-state index in [1.807, 2.05) is 50.3 Å². The van der Waals surface area contributed by atoms with Crippen LogP contribution in [0.5, 0.6) is 0 Å². The van der Waals surface area contributed by atoms with Crippen LogP contribution in [0, 0.1) is 62.9 Å². The van der Waals surface area contributed by atoms with Gasteiger partial charge in [-0.2, -0.15) is 0 Å². The van der Waals surface area contributed by atoms with Gasteiger partial charge < -0.3 is 30.5 Å². The maximum Gasteiger partial charge on any atom is 2.00 e. The van der Waals surface area contributed by atoms with E-state index in [4.69, 9.17) is 5.73 Å². The number of nitrogens with two attached hydrogens (primary N) is 1. The molecular formula is C42H52Cl2FeN2P2Ru+2. The fourth-order valence-electron chi connectivity index (χ4n) is 7.25. The van der Waals surface area contributed by atoms with E-state index in [-0.39, 0.29) is 69.3 Å². The molecule has 2 aromatic carbocycles. The third-order valence-electron chi connectivity index (χ3n) is 9.48. The van der Waals surface area contributed by atoms with E-state index in [0.29, 0.717) is 12.2 Å². The van der Waals surface area contributed by atoms with Crippen molar-refractivity contribution in [3.63, 3.8) is 0 Å². The number of benzene rings is 2. The summed E-state index contributed by atoms with van der Waals surface area (Å²) in [5.41, 5.74) is 10.6. The Kier molecular flexibility index (Phi) is 26.7. The maximum atomic E-state index is 5.29. The Hall–Kier alpha value is 0.133. The summed E-state index contributed by atoms with van der Waals surface area (Å²) in [7, 11) is -0.489. The van der Waals surface area contributed by atoms with Crippen LogP contribution in [-0.4, -0.2) is 22.0 Å². The quantitative estimate of drug-likeness (QED) is 0.276. The Balaban J connectivity index is 0.000000620. The van der Waals surface area contributed by atoms with Gasteiger partial charge in [-0.1, -0.05) is 120 Å². The summed E-state index contributed by atoms with van der Waals surface area (Å²) >= 11 is 0. The average molecular weight is 875 g/mol. The number of aromatic nitrogens is 1. The molecule has 0 unspecified atom stereocenters. The fourth-order valence-corrected chi connectivity index (χ4v) is 14.2. The van der Waals surface area contributed by atoms with E-state index in [1.165, 1.54) is 74.8 Å². The van der Waals surface area contributed by atoms with Gasteiger partial charge in [-0.25, -0.2) is 0 Å². The predicted molar refractivity (Wildman–Crippen MR) is 202 cm³/mol. The molecule has 0 saturated heterocycles. The Morgan fingerprint density at radius 1 is 0.640 bits per heavy atom. The number of rotatable bonds is 8. The molecule has 1 atom stereocenters. The molecular weight excluding hydrogens is 822 g/mol. The molecule has 50 heavy (non-hydrogen) atoms. The van der Waals surface area contributed by atoms with Crippen LogP contribution in [0.25, 0.3) is 0 Å². The number of hydrogen-bond acceptors (Lipinski definition) is 2. The minimum absolute atomic E-state index is 0. The monoisotopic (exact) mass is 874 g/mol. The first kappa shape index (κ1) is 48.2. The summed E-state index contributed by atoms with van der Waals surface area (Å²) in [4.78, 5) is 3.97. The molecule has 4 aliphatic carbocycles. The Bertz CT molecular complexity index is 1150. The van der Waals surface area contributed by atoms with Gasteiger partial charge in [-0.05, 0) is 131 Å². The molecule has 2 nitrogen and oxygen atoms in total. The van der Waals surface area contributed by atoms with Crippen LogP contribution in [0.2, 0.25) is 0 Å². The van der Waals surface area contributed by atoms with Crippen LogP contribution in [0.3, 0.4) is 0 Å². The van der Waals surface area contributed by atoms with Gasteiger partial charge in [0, 0.05) is 18.4 Å². The van der Waals surface area contributed by atoms with Crippen LogP contribution in [0.1, 0.15) is 76.8 Å². The smallest absolute Gasteiger partial charge is 1.00 e. The van der Waals surface area contributed by atoms with E-state index >= 15 is 0 Å². The van der Waals surface area contributed by atoms with Crippen molar-refractivity contribution < 1.29 is 61.4 Å². The predicted octanol–water partition coefficient (Wildman–Crippen LogP) is 3.95. The van der Waals surface area contributed by atoms with Crippen LogP contribution >= 0.6 is 15.8 Å². The fraction of sp³-hybridized carbons (Fsp3) is 0.357. The summed E-state index contributed by atoms with van der Waals surface area (Å²) in [5.74, 6) is 1.68. The van der Waals surface area contributed by atoms with E-state index in [1.54, 1.807) is 17.8 Å². The number of nitrogens with zero attached hydrogens (tertiary/aromatic N) is 1. The minimum atomic E-state index is -0.511. The average Bonchev–Trinajstić information content (AvgIpc) is 3.88. The number of halogens is 2. The van der Waals surface area contributed by atoms with Gasteiger partial charge in [0.2, 0.25) is 0 Å². The SMILES string of the molecule is C[C@H]([C]1[CH][CH][CH][C]1P(c1ccccc1)c1ccccc1)P(C1CCCCC1)C1CCCCC1.NCc1ccccn1.[CH]1[CH][CH][CH][CH]1.[Cl-].[Cl-].[Fe+2].[Ru+2]. The largest absolute Gasteiger partial charge is 2.00 e. The van der Waals surface area contributed by atoms with Crippen molar-refractivity contribution >= 4 is 26.5 Å². The standard InChI is InChI=1S/C31H39P2.C6H8N2.C5H5.2ClH.Fe.Ru/c1-25(32(26-15-6-2-7-16-26)27-17-8-3-9-18-27)30-23-14-24-31(30)33(28-19-10-4-11-20-28)29-21-12-5-13-22-29;7-5-6-3-1-2-4-8-6;1-2-4-5-3-1;;;;/h4-5,10-14,19-27H,2-3,6-9,15-18H2,1H3;1-4H,5,7H2;1-5H;2*1H;;/q;;;;;2*+2/p-2/t25-;;;;;;/m1....../s1. The van der Waals surface area contributed by atoms with Crippen LogP contribution in [0.4, 0.5) is 0 Å². The second-order valence-electron chi connectivity index (χ2n) is 12.6. The molecule has 268 valence electrons. The molecule has 0 bridgehead atoms. The van der Waals surface area contributed by atoms with Gasteiger partial charge in [0.1, 0.15) is 0 Å². The molecule has 10 radical (unpaired) electrons. The normalized spacial score (nSPS) is 19.0. The molecule has 7 rings (SSSR count). The summed E-state index contributed by atoms with van der Waals surface area (Å²) in [6.07, 6.45) is 33.9. The van der Waals surface area contributed by atoms with E-state index in [9.17, 15) is 0 Å². The van der Waals surface area contributed by atoms with Crippen molar-refractivity contribution in [3.05, 3.63) is 154 Å². The minimum Gasteiger partial charge on any atom is -1.00 e. The first-order chi connectivity index (χ1) is 22.8. The Morgan fingerprint density at radius 2 is 1.10 bits per heavy atom. The molecule has 1 aromatic heterocycles. The first-order valence-corrected chi connectivity index (χ1v) is 20.3. The molecule has 0 aliphatic heterocycles. The van der Waals surface area contributed by atoms with Crippen LogP contribution < -0.4 is 41.2 Å². The molecule has 8 heteroatoms. The molecule has 4 saturated carbocycles. The van der Waals surface area contributed by atoms with Crippen molar-refractivity contribution in [2.75, 3.05) is 0 Å². The van der Waals surface area contributed by atoms with Gasteiger partial charge in [0.25, 0.3) is 0 Å². The van der Waals surface area contributed by atoms with Gasteiger partial charge in [0.05, 0.1) is 5.69 Å². The number of pyridine rings is 1. The van der Waals surface area contributed by atoms with E-state index < -0.39 is 7.92 Å². The van der Waals surface area contributed by atoms with Crippen molar-refractivity contribution in [3.8, 4) is 0 Å². The topological polar surface area (TPSA) is 38.9 Å². The van der Waals surface area contributed by atoms with Crippen molar-refractivity contribution in [2.45, 2.75) is 94.7 Å². The summed E-state index contributed by atoms with van der Waals surface area (Å²) < 4.78 is 0. The zero-order valence-electron chi connectivity index (χ0n) is 29.1. The zero-order chi connectivity index (χ0) is 31.8. The third-order valence-corrected chi connectivity index (χ3v) is 15.9. The molecule has 4 fully saturated rings. The molecule has 0 amide bonds. The summed E-state index contributed by atoms with van der Waals surface area (Å²) in [5, 5.41) is 2.97. The van der Waals surface area contributed by atoms with E-state index in [0.717, 1.165) is 17.0 Å².